The first-order valence-corrected chi connectivity index (χ1v) is 4.45. The molecule has 1 rings (SSSR count). The molecule has 1 heterocycles. The number of carbonyl (C=O) groups is 1. The molecule has 7 nitrogen and oxygen atoms in total. The SMILES string of the molecule is CC(=O)O[C@H]1C(O)O[C@H](CO)[C@H](O)[C@@H]1O. The molecule has 1 saturated heterocycles. The maximum Gasteiger partial charge on any atom is 0.303 e. The van der Waals surface area contributed by atoms with Crippen molar-refractivity contribution in [2.45, 2.75) is 37.6 Å². The van der Waals surface area contributed by atoms with Crippen molar-refractivity contribution in [3.8, 4) is 0 Å². The fourth-order valence-electron chi connectivity index (χ4n) is 1.39. The second-order valence-electron chi connectivity index (χ2n) is 3.30. The summed E-state index contributed by atoms with van der Waals surface area (Å²) in [6.45, 7) is 0.548. The van der Waals surface area contributed by atoms with Crippen LogP contribution in [0.5, 0.6) is 0 Å². The topological polar surface area (TPSA) is 116 Å². The molecule has 15 heavy (non-hydrogen) atoms. The Balaban J connectivity index is 2.70. The van der Waals surface area contributed by atoms with Gasteiger partial charge in [-0.15, -0.1) is 0 Å². The Kier molecular flexibility index (Phi) is 4.00. The Morgan fingerprint density at radius 1 is 1.33 bits per heavy atom. The van der Waals surface area contributed by atoms with Gasteiger partial charge in [0, 0.05) is 6.92 Å². The number of esters is 1. The first-order valence-electron chi connectivity index (χ1n) is 4.45. The first kappa shape index (κ1) is 12.3. The minimum Gasteiger partial charge on any atom is -0.454 e. The highest BCUT2D eigenvalue weighted by atomic mass is 16.7. The largest absolute Gasteiger partial charge is 0.454 e. The summed E-state index contributed by atoms with van der Waals surface area (Å²) in [5.41, 5.74) is 0. The van der Waals surface area contributed by atoms with Crippen molar-refractivity contribution in [2.75, 3.05) is 6.61 Å². The Morgan fingerprint density at radius 3 is 2.40 bits per heavy atom. The zero-order valence-electron chi connectivity index (χ0n) is 8.11. The van der Waals surface area contributed by atoms with Crippen LogP contribution in [0.1, 0.15) is 6.92 Å². The summed E-state index contributed by atoms with van der Waals surface area (Å²) in [5, 5.41) is 37.0. The average Bonchev–Trinajstić information content (AvgIpc) is 2.18. The fraction of sp³-hybridized carbons (Fsp3) is 0.875. The standard InChI is InChI=1S/C8H14O7/c1-3(10)14-7-6(12)5(11)4(2-9)15-8(7)13/h4-9,11-13H,2H2,1H3/t4-,5+,6+,7-,8?/m1/s1. The van der Waals surface area contributed by atoms with Gasteiger partial charge in [-0.3, -0.25) is 4.79 Å². The summed E-state index contributed by atoms with van der Waals surface area (Å²) in [6, 6.07) is 0. The van der Waals surface area contributed by atoms with E-state index in [0.29, 0.717) is 0 Å². The number of rotatable bonds is 2. The predicted octanol–water partition coefficient (Wildman–Crippen LogP) is -2.65. The lowest BCUT2D eigenvalue weighted by molar-refractivity contribution is -0.290. The molecule has 0 aliphatic carbocycles. The lowest BCUT2D eigenvalue weighted by Gasteiger charge is -2.39. The van der Waals surface area contributed by atoms with Gasteiger partial charge < -0.3 is 29.9 Å². The van der Waals surface area contributed by atoms with Crippen LogP contribution in [-0.4, -0.2) is 63.7 Å². The molecule has 0 aromatic rings. The Morgan fingerprint density at radius 2 is 1.93 bits per heavy atom. The van der Waals surface area contributed by atoms with Gasteiger partial charge in [0.25, 0.3) is 0 Å². The van der Waals surface area contributed by atoms with Crippen molar-refractivity contribution in [2.24, 2.45) is 0 Å². The van der Waals surface area contributed by atoms with E-state index < -0.39 is 43.3 Å². The molecule has 0 amide bonds. The van der Waals surface area contributed by atoms with E-state index in [-0.39, 0.29) is 0 Å². The van der Waals surface area contributed by atoms with Gasteiger partial charge in [0.15, 0.2) is 12.4 Å². The summed E-state index contributed by atoms with van der Waals surface area (Å²) < 4.78 is 9.32. The van der Waals surface area contributed by atoms with Crippen LogP contribution in [0.2, 0.25) is 0 Å². The maximum absolute atomic E-state index is 10.6. The second-order valence-corrected chi connectivity index (χ2v) is 3.30. The minimum absolute atomic E-state index is 0.553. The number of hydrogen-bond donors (Lipinski definition) is 4. The normalized spacial score (nSPS) is 41.3. The van der Waals surface area contributed by atoms with Crippen molar-refractivity contribution in [3.05, 3.63) is 0 Å². The first-order chi connectivity index (χ1) is 6.97. The molecule has 0 aromatic heterocycles. The van der Waals surface area contributed by atoms with E-state index in [9.17, 15) is 20.1 Å². The molecule has 88 valence electrons. The zero-order valence-corrected chi connectivity index (χ0v) is 8.11. The van der Waals surface area contributed by atoms with E-state index in [4.69, 9.17) is 9.84 Å². The summed E-state index contributed by atoms with van der Waals surface area (Å²) >= 11 is 0. The number of hydrogen-bond acceptors (Lipinski definition) is 7. The molecule has 1 unspecified atom stereocenters. The third kappa shape index (κ3) is 2.64. The third-order valence-corrected chi connectivity index (χ3v) is 2.14. The van der Waals surface area contributed by atoms with Crippen LogP contribution in [0.15, 0.2) is 0 Å². The van der Waals surface area contributed by atoms with Crippen LogP contribution in [0, 0.1) is 0 Å². The molecule has 0 aromatic carbocycles. The number of ether oxygens (including phenoxy) is 2. The van der Waals surface area contributed by atoms with E-state index in [1.165, 1.54) is 0 Å². The van der Waals surface area contributed by atoms with Crippen molar-refractivity contribution in [1.82, 2.24) is 0 Å². The second kappa shape index (κ2) is 4.86. The number of aliphatic hydroxyl groups is 4. The van der Waals surface area contributed by atoms with Gasteiger partial charge in [0.1, 0.15) is 18.3 Å². The van der Waals surface area contributed by atoms with Crippen LogP contribution in [0.3, 0.4) is 0 Å². The molecule has 4 N–H and O–H groups in total. The lowest BCUT2D eigenvalue weighted by Crippen LogP contribution is -2.59. The molecule has 7 heteroatoms. The Labute approximate surface area is 85.9 Å². The van der Waals surface area contributed by atoms with Crippen LogP contribution < -0.4 is 0 Å². The van der Waals surface area contributed by atoms with Crippen LogP contribution in [-0.2, 0) is 14.3 Å². The van der Waals surface area contributed by atoms with E-state index in [0.717, 1.165) is 6.92 Å². The van der Waals surface area contributed by atoms with Gasteiger partial charge in [-0.25, -0.2) is 0 Å². The van der Waals surface area contributed by atoms with E-state index >= 15 is 0 Å². The number of aliphatic hydroxyl groups excluding tert-OH is 4. The van der Waals surface area contributed by atoms with E-state index in [2.05, 4.69) is 4.74 Å². The molecule has 0 bridgehead atoms. The van der Waals surface area contributed by atoms with Gasteiger partial charge in [-0.1, -0.05) is 0 Å². The van der Waals surface area contributed by atoms with E-state index in [1.807, 2.05) is 0 Å². The van der Waals surface area contributed by atoms with Gasteiger partial charge in [0.2, 0.25) is 0 Å². The molecular formula is C8H14O7. The molecule has 0 spiro atoms. The molecule has 0 radical (unpaired) electrons. The molecular weight excluding hydrogens is 208 g/mol. The zero-order chi connectivity index (χ0) is 11.6. The van der Waals surface area contributed by atoms with Gasteiger partial charge in [-0.2, -0.15) is 0 Å². The van der Waals surface area contributed by atoms with Crippen LogP contribution in [0.25, 0.3) is 0 Å². The molecule has 1 fully saturated rings. The van der Waals surface area contributed by atoms with Crippen LogP contribution >= 0.6 is 0 Å². The third-order valence-electron chi connectivity index (χ3n) is 2.14. The number of carbonyl (C=O) groups excluding carboxylic acids is 1. The van der Waals surface area contributed by atoms with Crippen molar-refractivity contribution < 1.29 is 34.7 Å². The summed E-state index contributed by atoms with van der Waals surface area (Å²) in [6.07, 6.45) is -6.91. The van der Waals surface area contributed by atoms with Crippen molar-refractivity contribution >= 4 is 5.97 Å². The molecule has 5 atom stereocenters. The Bertz CT molecular complexity index is 231. The maximum atomic E-state index is 10.6. The van der Waals surface area contributed by atoms with Crippen LogP contribution in [0.4, 0.5) is 0 Å². The van der Waals surface area contributed by atoms with E-state index in [1.54, 1.807) is 0 Å². The van der Waals surface area contributed by atoms with Crippen molar-refractivity contribution in [1.29, 1.82) is 0 Å². The van der Waals surface area contributed by atoms with Gasteiger partial charge >= 0.3 is 5.97 Å². The Hall–Kier alpha value is -0.730. The predicted molar refractivity (Wildman–Crippen MR) is 45.5 cm³/mol. The highest BCUT2D eigenvalue weighted by Gasteiger charge is 2.45. The molecule has 0 saturated carbocycles. The lowest BCUT2D eigenvalue weighted by atomic mass is 9.99. The molecule has 1 aliphatic rings. The van der Waals surface area contributed by atoms with Gasteiger partial charge in [0.05, 0.1) is 6.61 Å². The van der Waals surface area contributed by atoms with Gasteiger partial charge in [-0.05, 0) is 0 Å². The fourth-order valence-corrected chi connectivity index (χ4v) is 1.39. The smallest absolute Gasteiger partial charge is 0.303 e. The summed E-state index contributed by atoms with van der Waals surface area (Å²) in [4.78, 5) is 10.6. The average molecular weight is 222 g/mol. The summed E-state index contributed by atoms with van der Waals surface area (Å²) in [5.74, 6) is -0.712. The van der Waals surface area contributed by atoms with Crippen molar-refractivity contribution in [3.63, 3.8) is 0 Å². The monoisotopic (exact) mass is 222 g/mol. The quantitative estimate of drug-likeness (QED) is 0.377. The highest BCUT2D eigenvalue weighted by molar-refractivity contribution is 5.66. The highest BCUT2D eigenvalue weighted by Crippen LogP contribution is 2.22. The summed E-state index contributed by atoms with van der Waals surface area (Å²) in [7, 11) is 0. The molecule has 1 aliphatic heterocycles. The minimum atomic E-state index is -1.57.